The van der Waals surface area contributed by atoms with Crippen molar-refractivity contribution in [3.63, 3.8) is 0 Å². The summed E-state index contributed by atoms with van der Waals surface area (Å²) in [5.41, 5.74) is 9.68. The number of para-hydroxylation sites is 1. The van der Waals surface area contributed by atoms with Crippen LogP contribution in [0, 0.1) is 0 Å². The van der Waals surface area contributed by atoms with E-state index in [2.05, 4.69) is 163 Å². The average molecular weight is 546 g/mol. The molecule has 0 aliphatic rings. The Labute approximate surface area is 249 Å². The summed E-state index contributed by atoms with van der Waals surface area (Å²) in [6.07, 6.45) is 0. The number of rotatable bonds is 3. The Morgan fingerprint density at radius 1 is 0.279 bits per heavy atom. The summed E-state index contributed by atoms with van der Waals surface area (Å²) in [6.45, 7) is 0. The summed E-state index contributed by atoms with van der Waals surface area (Å²) in [5, 5.41) is 10.3. The molecule has 1 heterocycles. The summed E-state index contributed by atoms with van der Waals surface area (Å²) < 4.78 is 0. The van der Waals surface area contributed by atoms with Crippen molar-refractivity contribution in [2.75, 3.05) is 0 Å². The maximum atomic E-state index is 3.74. The molecule has 8 aromatic carbocycles. The third-order valence-electron chi connectivity index (χ3n) is 8.99. The van der Waals surface area contributed by atoms with Crippen molar-refractivity contribution in [1.29, 1.82) is 0 Å². The zero-order valence-corrected chi connectivity index (χ0v) is 23.5. The van der Waals surface area contributed by atoms with Crippen molar-refractivity contribution >= 4 is 54.1 Å². The van der Waals surface area contributed by atoms with Crippen LogP contribution in [0.1, 0.15) is 0 Å². The van der Waals surface area contributed by atoms with Crippen LogP contribution in [0.25, 0.3) is 87.5 Å². The molecule has 200 valence electrons. The summed E-state index contributed by atoms with van der Waals surface area (Å²) in [6, 6.07) is 57.4. The van der Waals surface area contributed by atoms with Gasteiger partial charge in [-0.2, -0.15) is 0 Å². The van der Waals surface area contributed by atoms with Crippen LogP contribution in [0.3, 0.4) is 0 Å². The van der Waals surface area contributed by atoms with Crippen LogP contribution in [-0.4, -0.2) is 4.98 Å². The van der Waals surface area contributed by atoms with E-state index in [0.717, 1.165) is 5.52 Å². The van der Waals surface area contributed by atoms with E-state index < -0.39 is 0 Å². The summed E-state index contributed by atoms with van der Waals surface area (Å²) in [4.78, 5) is 3.74. The van der Waals surface area contributed by atoms with Crippen LogP contribution in [-0.2, 0) is 0 Å². The van der Waals surface area contributed by atoms with Crippen molar-refractivity contribution in [3.8, 4) is 33.4 Å². The van der Waals surface area contributed by atoms with Gasteiger partial charge < -0.3 is 4.98 Å². The van der Waals surface area contributed by atoms with Crippen molar-refractivity contribution in [2.45, 2.75) is 0 Å². The Balaban J connectivity index is 1.20. The minimum absolute atomic E-state index is 1.16. The number of hydrogen-bond donors (Lipinski definition) is 1. The molecular weight excluding hydrogens is 518 g/mol. The zero-order valence-electron chi connectivity index (χ0n) is 23.5. The molecule has 1 heteroatoms. The monoisotopic (exact) mass is 545 g/mol. The summed E-state index contributed by atoms with van der Waals surface area (Å²) in [5.74, 6) is 0. The van der Waals surface area contributed by atoms with E-state index in [9.17, 15) is 0 Å². The molecule has 1 aromatic heterocycles. The van der Waals surface area contributed by atoms with E-state index in [0.29, 0.717) is 0 Å². The second-order valence-electron chi connectivity index (χ2n) is 11.4. The van der Waals surface area contributed by atoms with Gasteiger partial charge in [0.25, 0.3) is 0 Å². The van der Waals surface area contributed by atoms with E-state index in [1.165, 1.54) is 82.0 Å². The quantitative estimate of drug-likeness (QED) is 0.213. The molecular formula is C42H27N. The lowest BCUT2D eigenvalue weighted by Crippen LogP contribution is -1.86. The van der Waals surface area contributed by atoms with Crippen LogP contribution in [0.15, 0.2) is 158 Å². The van der Waals surface area contributed by atoms with Crippen molar-refractivity contribution in [3.05, 3.63) is 158 Å². The highest BCUT2D eigenvalue weighted by atomic mass is 14.7. The Hall–Kier alpha value is -5.66. The molecule has 0 aliphatic heterocycles. The number of H-pyrrole nitrogens is 1. The Morgan fingerprint density at radius 2 is 0.791 bits per heavy atom. The van der Waals surface area contributed by atoms with E-state index in [1.807, 2.05) is 0 Å². The van der Waals surface area contributed by atoms with E-state index >= 15 is 0 Å². The maximum Gasteiger partial charge on any atom is 0.0544 e. The molecule has 0 atom stereocenters. The molecule has 0 spiro atoms. The first-order valence-electron chi connectivity index (χ1n) is 14.9. The molecule has 9 rings (SSSR count). The topological polar surface area (TPSA) is 15.8 Å². The predicted molar refractivity (Wildman–Crippen MR) is 185 cm³/mol. The average Bonchev–Trinajstić information content (AvgIpc) is 3.47. The van der Waals surface area contributed by atoms with Gasteiger partial charge in [-0.05, 0) is 84.4 Å². The minimum atomic E-state index is 1.16. The number of nitrogens with one attached hydrogen (secondary N) is 1. The molecule has 43 heavy (non-hydrogen) atoms. The highest BCUT2D eigenvalue weighted by molar-refractivity contribution is 6.25. The standard InChI is InChI=1S/C42H27N/c1-2-10-27(11-3-1)29-21-23-41-40(26-29)38-19-9-18-32(42(38)43-41)31-13-8-12-28(24-31)30-20-22-37-35-16-5-4-14-33(35)34-15-6-7-17-36(34)39(37)25-30/h1-26,43H. The van der Waals surface area contributed by atoms with Crippen LogP contribution < -0.4 is 0 Å². The SMILES string of the molecule is c1ccc(-c2ccc3[nH]c4c(-c5cccc(-c6ccc7c8ccccc8c8ccccc8c7c6)c5)cccc4c3c2)cc1. The van der Waals surface area contributed by atoms with Gasteiger partial charge in [0.1, 0.15) is 0 Å². The van der Waals surface area contributed by atoms with E-state index in [-0.39, 0.29) is 0 Å². The number of aromatic amines is 1. The van der Waals surface area contributed by atoms with E-state index in [1.54, 1.807) is 0 Å². The van der Waals surface area contributed by atoms with Gasteiger partial charge in [0, 0.05) is 21.9 Å². The Bertz CT molecular complexity index is 2460. The van der Waals surface area contributed by atoms with Gasteiger partial charge in [-0.25, -0.2) is 0 Å². The van der Waals surface area contributed by atoms with Gasteiger partial charge in [-0.15, -0.1) is 0 Å². The molecule has 9 aromatic rings. The van der Waals surface area contributed by atoms with Gasteiger partial charge >= 0.3 is 0 Å². The fourth-order valence-corrected chi connectivity index (χ4v) is 6.93. The first-order valence-corrected chi connectivity index (χ1v) is 14.9. The fraction of sp³-hybridized carbons (Fsp3) is 0. The van der Waals surface area contributed by atoms with E-state index in [4.69, 9.17) is 0 Å². The smallest absolute Gasteiger partial charge is 0.0544 e. The van der Waals surface area contributed by atoms with Crippen LogP contribution in [0.5, 0.6) is 0 Å². The second kappa shape index (κ2) is 9.44. The molecule has 0 amide bonds. The third kappa shape index (κ3) is 3.79. The third-order valence-corrected chi connectivity index (χ3v) is 8.99. The second-order valence-corrected chi connectivity index (χ2v) is 11.4. The van der Waals surface area contributed by atoms with Crippen LogP contribution in [0.2, 0.25) is 0 Å². The molecule has 0 unspecified atom stereocenters. The minimum Gasteiger partial charge on any atom is -0.354 e. The highest BCUT2D eigenvalue weighted by Crippen LogP contribution is 2.39. The van der Waals surface area contributed by atoms with Gasteiger partial charge in [-0.3, -0.25) is 0 Å². The molecule has 0 aliphatic carbocycles. The summed E-state index contributed by atoms with van der Waals surface area (Å²) >= 11 is 0. The van der Waals surface area contributed by atoms with Gasteiger partial charge in [0.2, 0.25) is 0 Å². The first-order chi connectivity index (χ1) is 21.3. The maximum absolute atomic E-state index is 3.74. The highest BCUT2D eigenvalue weighted by Gasteiger charge is 2.13. The fourth-order valence-electron chi connectivity index (χ4n) is 6.93. The van der Waals surface area contributed by atoms with Crippen LogP contribution in [0.4, 0.5) is 0 Å². The zero-order chi connectivity index (χ0) is 28.3. The molecule has 1 N–H and O–H groups in total. The lowest BCUT2D eigenvalue weighted by atomic mass is 9.91. The van der Waals surface area contributed by atoms with Crippen LogP contribution >= 0.6 is 0 Å². The molecule has 1 nitrogen and oxygen atoms in total. The molecule has 0 saturated carbocycles. The number of benzene rings is 8. The lowest BCUT2D eigenvalue weighted by molar-refractivity contribution is 1.53. The van der Waals surface area contributed by atoms with Gasteiger partial charge in [0.05, 0.1) is 5.52 Å². The molecule has 0 saturated heterocycles. The number of hydrogen-bond acceptors (Lipinski definition) is 0. The molecule has 0 fully saturated rings. The Kier molecular flexibility index (Phi) is 5.27. The first kappa shape index (κ1) is 24.0. The van der Waals surface area contributed by atoms with Crippen molar-refractivity contribution in [2.24, 2.45) is 0 Å². The van der Waals surface area contributed by atoms with Crippen molar-refractivity contribution in [1.82, 2.24) is 4.98 Å². The lowest BCUT2D eigenvalue weighted by Gasteiger charge is -2.12. The number of aromatic nitrogens is 1. The normalized spacial score (nSPS) is 11.7. The molecule has 0 bridgehead atoms. The van der Waals surface area contributed by atoms with Gasteiger partial charge in [0.15, 0.2) is 0 Å². The predicted octanol–water partition coefficient (Wildman–Crippen LogP) is 11.8. The molecule has 0 radical (unpaired) electrons. The van der Waals surface area contributed by atoms with Crippen molar-refractivity contribution < 1.29 is 0 Å². The van der Waals surface area contributed by atoms with Gasteiger partial charge in [-0.1, -0.05) is 133 Å². The number of fused-ring (bicyclic) bond motifs is 9. The summed E-state index contributed by atoms with van der Waals surface area (Å²) in [7, 11) is 0. The largest absolute Gasteiger partial charge is 0.354 e. The Morgan fingerprint density at radius 3 is 1.56 bits per heavy atom.